The Morgan fingerprint density at radius 3 is 2.82 bits per heavy atom. The molecular weight excluding hydrogens is 138 g/mol. The third-order valence-corrected chi connectivity index (χ3v) is 1.20. The molecule has 11 heavy (non-hydrogen) atoms. The summed E-state index contributed by atoms with van der Waals surface area (Å²) in [5, 5.41) is 6.77. The lowest BCUT2D eigenvalue weighted by Gasteiger charge is -1.89. The predicted molar refractivity (Wildman–Crippen MR) is 46.3 cm³/mol. The Kier molecular flexibility index (Phi) is 2.41. The van der Waals surface area contributed by atoms with Gasteiger partial charge < -0.3 is 0 Å². The van der Waals surface area contributed by atoms with Crippen LogP contribution in [0.2, 0.25) is 0 Å². The number of aromatic nitrogens is 2. The van der Waals surface area contributed by atoms with Gasteiger partial charge in [0.05, 0.1) is 5.69 Å². The van der Waals surface area contributed by atoms with Gasteiger partial charge in [0.2, 0.25) is 0 Å². The number of hydrogen-bond acceptors (Lipinski definition) is 2. The first-order valence-electron chi connectivity index (χ1n) is 3.74. The first kappa shape index (κ1) is 7.98. The summed E-state index contributed by atoms with van der Waals surface area (Å²) in [6.45, 7) is 6.12. The van der Waals surface area contributed by atoms with Crippen molar-refractivity contribution < 1.29 is 0 Å². The number of H-pyrrole nitrogens is 1. The minimum absolute atomic E-state index is 0.485. The van der Waals surface area contributed by atoms with E-state index in [2.05, 4.69) is 29.0 Å². The highest BCUT2D eigenvalue weighted by Gasteiger charge is 1.92. The molecule has 60 valence electrons. The average molecular weight is 151 g/mol. The quantitative estimate of drug-likeness (QED) is 0.646. The molecule has 0 aliphatic rings. The smallest absolute Gasteiger partial charge is 0.147 e. The second-order valence-electron chi connectivity index (χ2n) is 2.92. The molecule has 1 rings (SSSR count). The van der Waals surface area contributed by atoms with Crippen LogP contribution in [-0.4, -0.2) is 16.4 Å². The van der Waals surface area contributed by atoms with Crippen molar-refractivity contribution in [3.05, 3.63) is 11.8 Å². The molecule has 1 N–H and O–H groups in total. The van der Waals surface area contributed by atoms with Crippen molar-refractivity contribution in [3.63, 3.8) is 0 Å². The molecule has 0 saturated carbocycles. The highest BCUT2D eigenvalue weighted by molar-refractivity contribution is 5.63. The molecule has 3 heteroatoms. The number of aliphatic imine (C=N–C) groups is 1. The van der Waals surface area contributed by atoms with E-state index in [9.17, 15) is 0 Å². The fraction of sp³-hybridized carbons (Fsp3) is 0.500. The minimum Gasteiger partial charge on any atom is -0.261 e. The summed E-state index contributed by atoms with van der Waals surface area (Å²) < 4.78 is 0. The van der Waals surface area contributed by atoms with Gasteiger partial charge in [-0.05, 0) is 12.8 Å². The van der Waals surface area contributed by atoms with E-state index in [1.165, 1.54) is 0 Å². The van der Waals surface area contributed by atoms with Crippen LogP contribution < -0.4 is 0 Å². The standard InChI is InChI=1S/C8H13N3/c1-6(2)5-9-8-4-7(3)10-11-8/h4-6H,1-3H3,(H,10,11)/b9-5-. The SMILES string of the molecule is Cc1cc(/N=C\C(C)C)[nH]n1. The summed E-state index contributed by atoms with van der Waals surface area (Å²) in [5.74, 6) is 1.31. The van der Waals surface area contributed by atoms with Gasteiger partial charge in [0, 0.05) is 12.3 Å². The lowest BCUT2D eigenvalue weighted by molar-refractivity contribution is 0.905. The Morgan fingerprint density at radius 2 is 2.36 bits per heavy atom. The van der Waals surface area contributed by atoms with Gasteiger partial charge in [0.1, 0.15) is 5.82 Å². The highest BCUT2D eigenvalue weighted by Crippen LogP contribution is 2.07. The third kappa shape index (κ3) is 2.53. The van der Waals surface area contributed by atoms with Gasteiger partial charge in [-0.15, -0.1) is 0 Å². The zero-order chi connectivity index (χ0) is 8.27. The van der Waals surface area contributed by atoms with E-state index in [1.807, 2.05) is 19.2 Å². The third-order valence-electron chi connectivity index (χ3n) is 1.20. The van der Waals surface area contributed by atoms with Gasteiger partial charge in [-0.3, -0.25) is 5.10 Å². The van der Waals surface area contributed by atoms with Crippen LogP contribution in [0.5, 0.6) is 0 Å². The molecule has 1 heterocycles. The number of nitrogens with one attached hydrogen (secondary N) is 1. The van der Waals surface area contributed by atoms with Crippen LogP contribution in [0.15, 0.2) is 11.1 Å². The van der Waals surface area contributed by atoms with Gasteiger partial charge in [-0.1, -0.05) is 13.8 Å². The van der Waals surface area contributed by atoms with Crippen LogP contribution in [0.1, 0.15) is 19.5 Å². The molecule has 0 aliphatic heterocycles. The molecule has 0 aromatic carbocycles. The summed E-state index contributed by atoms with van der Waals surface area (Å²) in [6, 6.07) is 1.92. The molecular formula is C8H13N3. The Hall–Kier alpha value is -1.12. The second kappa shape index (κ2) is 3.32. The van der Waals surface area contributed by atoms with Crippen LogP contribution in [0.25, 0.3) is 0 Å². The van der Waals surface area contributed by atoms with Crippen LogP contribution >= 0.6 is 0 Å². The predicted octanol–water partition coefficient (Wildman–Crippen LogP) is 2.08. The van der Waals surface area contributed by atoms with Crippen molar-refractivity contribution in [1.29, 1.82) is 0 Å². The molecule has 1 aromatic rings. The molecule has 0 bridgehead atoms. The summed E-state index contributed by atoms with van der Waals surface area (Å²) in [5.41, 5.74) is 0.973. The van der Waals surface area contributed by atoms with Gasteiger partial charge in [-0.2, -0.15) is 5.10 Å². The largest absolute Gasteiger partial charge is 0.261 e. The van der Waals surface area contributed by atoms with Crippen LogP contribution in [0.4, 0.5) is 5.82 Å². The minimum atomic E-state index is 0.485. The molecule has 1 aromatic heterocycles. The fourth-order valence-electron chi connectivity index (χ4n) is 0.703. The van der Waals surface area contributed by atoms with Crippen molar-refractivity contribution in [2.75, 3.05) is 0 Å². The lowest BCUT2D eigenvalue weighted by atomic mass is 10.2. The average Bonchev–Trinajstić information content (AvgIpc) is 2.31. The van der Waals surface area contributed by atoms with Crippen molar-refractivity contribution in [2.24, 2.45) is 10.9 Å². The molecule has 0 fully saturated rings. The molecule has 0 radical (unpaired) electrons. The molecule has 0 saturated heterocycles. The number of aromatic amines is 1. The number of nitrogens with zero attached hydrogens (tertiary/aromatic N) is 2. The fourth-order valence-corrected chi connectivity index (χ4v) is 0.703. The summed E-state index contributed by atoms with van der Waals surface area (Å²) in [7, 11) is 0. The molecule has 0 atom stereocenters. The first-order chi connectivity index (χ1) is 5.18. The van der Waals surface area contributed by atoms with Crippen LogP contribution in [0.3, 0.4) is 0 Å². The molecule has 3 nitrogen and oxygen atoms in total. The maximum Gasteiger partial charge on any atom is 0.147 e. The molecule has 0 spiro atoms. The first-order valence-corrected chi connectivity index (χ1v) is 3.74. The van der Waals surface area contributed by atoms with E-state index in [0.29, 0.717) is 5.92 Å². The summed E-state index contributed by atoms with van der Waals surface area (Å²) in [4.78, 5) is 4.18. The zero-order valence-electron chi connectivity index (χ0n) is 7.13. The van der Waals surface area contributed by atoms with E-state index in [-0.39, 0.29) is 0 Å². The normalized spacial score (nSPS) is 11.6. The lowest BCUT2D eigenvalue weighted by Crippen LogP contribution is -1.85. The summed E-state index contributed by atoms with van der Waals surface area (Å²) in [6.07, 6.45) is 1.90. The van der Waals surface area contributed by atoms with Crippen LogP contribution in [0, 0.1) is 12.8 Å². The number of aryl methyl sites for hydroxylation is 1. The van der Waals surface area contributed by atoms with Crippen LogP contribution in [-0.2, 0) is 0 Å². The number of rotatable bonds is 2. The van der Waals surface area contributed by atoms with Crippen molar-refractivity contribution in [3.8, 4) is 0 Å². The maximum absolute atomic E-state index is 4.18. The van der Waals surface area contributed by atoms with E-state index in [0.717, 1.165) is 11.5 Å². The van der Waals surface area contributed by atoms with Gasteiger partial charge >= 0.3 is 0 Å². The second-order valence-corrected chi connectivity index (χ2v) is 2.92. The van der Waals surface area contributed by atoms with Crippen molar-refractivity contribution in [1.82, 2.24) is 10.2 Å². The van der Waals surface area contributed by atoms with E-state index in [4.69, 9.17) is 0 Å². The van der Waals surface area contributed by atoms with Gasteiger partial charge in [0.25, 0.3) is 0 Å². The monoisotopic (exact) mass is 151 g/mol. The zero-order valence-corrected chi connectivity index (χ0v) is 7.13. The Balaban J connectivity index is 2.64. The number of hydrogen-bond donors (Lipinski definition) is 1. The topological polar surface area (TPSA) is 41.0 Å². The Bertz CT molecular complexity index is 248. The van der Waals surface area contributed by atoms with E-state index >= 15 is 0 Å². The Morgan fingerprint density at radius 1 is 1.64 bits per heavy atom. The van der Waals surface area contributed by atoms with Crippen molar-refractivity contribution in [2.45, 2.75) is 20.8 Å². The molecule has 0 aliphatic carbocycles. The molecule has 0 unspecified atom stereocenters. The van der Waals surface area contributed by atoms with Crippen molar-refractivity contribution >= 4 is 12.0 Å². The maximum atomic E-state index is 4.18. The molecule has 0 amide bonds. The van der Waals surface area contributed by atoms with Gasteiger partial charge in [0.15, 0.2) is 0 Å². The highest BCUT2D eigenvalue weighted by atomic mass is 15.2. The summed E-state index contributed by atoms with van der Waals surface area (Å²) >= 11 is 0. The Labute approximate surface area is 66.5 Å². The van der Waals surface area contributed by atoms with E-state index in [1.54, 1.807) is 0 Å². The van der Waals surface area contributed by atoms with E-state index < -0.39 is 0 Å². The van der Waals surface area contributed by atoms with Gasteiger partial charge in [-0.25, -0.2) is 4.99 Å².